The van der Waals surface area contributed by atoms with E-state index in [1.54, 1.807) is 11.8 Å². The molecule has 1 aliphatic heterocycles. The van der Waals surface area contributed by atoms with Gasteiger partial charge in [0, 0.05) is 15.8 Å². The number of fused-ring (bicyclic) bond motifs is 1. The van der Waals surface area contributed by atoms with Gasteiger partial charge in [-0.3, -0.25) is 0 Å². The van der Waals surface area contributed by atoms with Crippen molar-refractivity contribution in [3.05, 3.63) is 59.4 Å². The first-order valence-electron chi connectivity index (χ1n) is 6.60. The van der Waals surface area contributed by atoms with Gasteiger partial charge in [-0.1, -0.05) is 18.2 Å². The molecule has 0 saturated heterocycles. The van der Waals surface area contributed by atoms with E-state index in [1.807, 2.05) is 12.1 Å². The largest absolute Gasteiger partial charge is 0.461 e. The molecule has 0 aromatic heterocycles. The van der Waals surface area contributed by atoms with Crippen LogP contribution >= 0.6 is 11.8 Å². The summed E-state index contributed by atoms with van der Waals surface area (Å²) >= 11 is 1.69. The van der Waals surface area contributed by atoms with Crippen molar-refractivity contribution in [2.24, 2.45) is 0 Å². The second-order valence-corrected chi connectivity index (χ2v) is 6.23. The molecule has 1 unspecified atom stereocenters. The molecule has 0 fully saturated rings. The van der Waals surface area contributed by atoms with Crippen LogP contribution in [0, 0.1) is 5.82 Å². The number of nitrogen functional groups attached to an aromatic ring is 1. The molecular weight excluding hydrogens is 289 g/mol. The first-order valence-corrected chi connectivity index (χ1v) is 7.48. The molecule has 5 heteroatoms. The van der Waals surface area contributed by atoms with E-state index in [4.69, 9.17) is 10.5 Å². The van der Waals surface area contributed by atoms with Gasteiger partial charge in [-0.2, -0.15) is 0 Å². The van der Waals surface area contributed by atoms with Crippen LogP contribution in [0.5, 0.6) is 0 Å². The minimum atomic E-state index is -0.651. The van der Waals surface area contributed by atoms with Gasteiger partial charge < -0.3 is 10.5 Å². The summed E-state index contributed by atoms with van der Waals surface area (Å²) in [6.07, 6.45) is 0.859. The minimum Gasteiger partial charge on any atom is -0.461 e. The molecular formula is C16H14FNO2S. The van der Waals surface area contributed by atoms with Crippen molar-refractivity contribution in [2.45, 2.75) is 16.6 Å². The lowest BCUT2D eigenvalue weighted by molar-refractivity contribution is 0.0502. The topological polar surface area (TPSA) is 52.3 Å². The monoisotopic (exact) mass is 303 g/mol. The minimum absolute atomic E-state index is 0.0790. The van der Waals surface area contributed by atoms with E-state index in [0.29, 0.717) is 0 Å². The zero-order valence-corrected chi connectivity index (χ0v) is 12.0. The van der Waals surface area contributed by atoms with E-state index in [0.717, 1.165) is 12.5 Å². The third-order valence-electron chi connectivity index (χ3n) is 3.33. The van der Waals surface area contributed by atoms with Crippen molar-refractivity contribution in [1.82, 2.24) is 0 Å². The van der Waals surface area contributed by atoms with Gasteiger partial charge >= 0.3 is 5.97 Å². The normalized spacial score (nSPS) is 16.5. The Morgan fingerprint density at radius 3 is 2.90 bits per heavy atom. The molecule has 1 heterocycles. The van der Waals surface area contributed by atoms with Crippen LogP contribution in [-0.4, -0.2) is 17.8 Å². The fraction of sp³-hybridized carbons (Fsp3) is 0.188. The molecule has 108 valence electrons. The molecule has 0 amide bonds. The van der Waals surface area contributed by atoms with E-state index in [-0.39, 0.29) is 23.1 Å². The molecule has 0 aliphatic carbocycles. The number of halogens is 1. The lowest BCUT2D eigenvalue weighted by Gasteiger charge is -2.10. The van der Waals surface area contributed by atoms with Gasteiger partial charge in [0.05, 0.1) is 5.56 Å². The molecule has 3 rings (SSSR count). The van der Waals surface area contributed by atoms with Crippen molar-refractivity contribution in [2.75, 3.05) is 12.3 Å². The molecule has 2 aromatic carbocycles. The number of carbonyl (C=O) groups excluding carboxylic acids is 1. The highest BCUT2D eigenvalue weighted by molar-refractivity contribution is 8.00. The zero-order valence-electron chi connectivity index (χ0n) is 11.2. The smallest absolute Gasteiger partial charge is 0.341 e. The van der Waals surface area contributed by atoms with Crippen LogP contribution in [-0.2, 0) is 11.2 Å². The Hall–Kier alpha value is -2.01. The standard InChI is InChI=1S/C16H14FNO2S/c17-14-8-11(18)5-6-13(14)16(19)20-9-12-7-10-3-1-2-4-15(10)21-12/h1-6,8,12H,7,9,18H2. The van der Waals surface area contributed by atoms with Crippen molar-refractivity contribution in [3.63, 3.8) is 0 Å². The highest BCUT2D eigenvalue weighted by Gasteiger charge is 2.24. The molecule has 1 aliphatic rings. The van der Waals surface area contributed by atoms with Crippen molar-refractivity contribution < 1.29 is 13.9 Å². The maximum atomic E-state index is 13.6. The van der Waals surface area contributed by atoms with E-state index >= 15 is 0 Å². The number of carbonyl (C=O) groups is 1. The average molecular weight is 303 g/mol. The third-order valence-corrected chi connectivity index (χ3v) is 4.62. The Morgan fingerprint density at radius 2 is 2.14 bits per heavy atom. The van der Waals surface area contributed by atoms with Gasteiger partial charge in [0.1, 0.15) is 12.4 Å². The molecule has 3 nitrogen and oxygen atoms in total. The number of esters is 1. The molecule has 0 spiro atoms. The number of hydrogen-bond donors (Lipinski definition) is 1. The molecule has 0 bridgehead atoms. The Morgan fingerprint density at radius 1 is 1.33 bits per heavy atom. The van der Waals surface area contributed by atoms with Crippen LogP contribution in [0.25, 0.3) is 0 Å². The van der Waals surface area contributed by atoms with Gasteiger partial charge in [0.2, 0.25) is 0 Å². The Bertz CT molecular complexity index is 665. The highest BCUT2D eigenvalue weighted by Crippen LogP contribution is 2.36. The molecule has 21 heavy (non-hydrogen) atoms. The maximum absolute atomic E-state index is 13.6. The Kier molecular flexibility index (Phi) is 3.84. The van der Waals surface area contributed by atoms with Crippen LogP contribution < -0.4 is 5.73 Å². The van der Waals surface area contributed by atoms with Crippen molar-refractivity contribution >= 4 is 23.4 Å². The fourth-order valence-electron chi connectivity index (χ4n) is 2.29. The number of ether oxygens (including phenoxy) is 1. The van der Waals surface area contributed by atoms with Gasteiger partial charge in [-0.25, -0.2) is 9.18 Å². The first-order chi connectivity index (χ1) is 10.1. The van der Waals surface area contributed by atoms with Gasteiger partial charge in [-0.05, 0) is 36.2 Å². The third kappa shape index (κ3) is 3.03. The summed E-state index contributed by atoms with van der Waals surface area (Å²) in [6, 6.07) is 12.1. The number of hydrogen-bond acceptors (Lipinski definition) is 4. The van der Waals surface area contributed by atoms with Gasteiger partial charge in [0.15, 0.2) is 0 Å². The molecule has 2 aromatic rings. The van der Waals surface area contributed by atoms with Crippen molar-refractivity contribution in [1.29, 1.82) is 0 Å². The van der Waals surface area contributed by atoms with E-state index in [9.17, 15) is 9.18 Å². The zero-order chi connectivity index (χ0) is 14.8. The Balaban J connectivity index is 1.60. The SMILES string of the molecule is Nc1ccc(C(=O)OCC2Cc3ccccc3S2)c(F)c1. The second kappa shape index (κ2) is 5.77. The average Bonchev–Trinajstić information content (AvgIpc) is 2.87. The van der Waals surface area contributed by atoms with E-state index < -0.39 is 11.8 Å². The number of anilines is 1. The summed E-state index contributed by atoms with van der Waals surface area (Å²) in [4.78, 5) is 13.1. The lowest BCUT2D eigenvalue weighted by atomic mass is 10.1. The van der Waals surface area contributed by atoms with E-state index in [1.165, 1.54) is 22.6 Å². The molecule has 2 N–H and O–H groups in total. The summed E-state index contributed by atoms with van der Waals surface area (Å²) in [5, 5.41) is 0.184. The van der Waals surface area contributed by atoms with Crippen LogP contribution in [0.1, 0.15) is 15.9 Å². The summed E-state index contributed by atoms with van der Waals surface area (Å²) in [5.41, 5.74) is 6.92. The van der Waals surface area contributed by atoms with Crippen LogP contribution in [0.3, 0.4) is 0 Å². The van der Waals surface area contributed by atoms with Crippen LogP contribution in [0.4, 0.5) is 10.1 Å². The predicted octanol–water partition coefficient (Wildman–Crippen LogP) is 3.28. The lowest BCUT2D eigenvalue weighted by Crippen LogP contribution is -2.16. The maximum Gasteiger partial charge on any atom is 0.341 e. The van der Waals surface area contributed by atoms with Crippen molar-refractivity contribution in [3.8, 4) is 0 Å². The number of nitrogens with two attached hydrogens (primary N) is 1. The molecule has 0 saturated carbocycles. The Labute approximate surface area is 126 Å². The summed E-state index contributed by atoms with van der Waals surface area (Å²) in [5.74, 6) is -1.30. The predicted molar refractivity (Wildman–Crippen MR) is 80.9 cm³/mol. The molecule has 1 atom stereocenters. The van der Waals surface area contributed by atoms with Gasteiger partial charge in [-0.15, -0.1) is 11.8 Å². The quantitative estimate of drug-likeness (QED) is 0.698. The summed E-state index contributed by atoms with van der Waals surface area (Å²) < 4.78 is 18.9. The number of benzene rings is 2. The van der Waals surface area contributed by atoms with E-state index in [2.05, 4.69) is 12.1 Å². The fourth-order valence-corrected chi connectivity index (χ4v) is 3.51. The van der Waals surface area contributed by atoms with Crippen LogP contribution in [0.15, 0.2) is 47.4 Å². The molecule has 0 radical (unpaired) electrons. The van der Waals surface area contributed by atoms with Crippen LogP contribution in [0.2, 0.25) is 0 Å². The second-order valence-electron chi connectivity index (χ2n) is 4.89. The number of thioether (sulfide) groups is 1. The number of rotatable bonds is 3. The highest BCUT2D eigenvalue weighted by atomic mass is 32.2. The van der Waals surface area contributed by atoms with Gasteiger partial charge in [0.25, 0.3) is 0 Å². The summed E-state index contributed by atoms with van der Waals surface area (Å²) in [7, 11) is 0. The summed E-state index contributed by atoms with van der Waals surface area (Å²) in [6.45, 7) is 0.266. The first kappa shape index (κ1) is 13.9.